The number of piperazine rings is 1. The Morgan fingerprint density at radius 3 is 2.52 bits per heavy atom. The Balaban J connectivity index is 1.97. The molecule has 0 spiro atoms. The minimum atomic E-state index is -0.203. The van der Waals surface area contributed by atoms with Gasteiger partial charge in [-0.15, -0.1) is 0 Å². The van der Waals surface area contributed by atoms with Gasteiger partial charge in [0.15, 0.2) is 5.11 Å². The second-order valence-corrected chi connectivity index (χ2v) is 7.10. The van der Waals surface area contributed by atoms with Gasteiger partial charge in [0.2, 0.25) is 0 Å². The van der Waals surface area contributed by atoms with Crippen molar-refractivity contribution >= 4 is 39.2 Å². The number of hydrogen-bond acceptors (Lipinski definition) is 4. The van der Waals surface area contributed by atoms with E-state index in [2.05, 4.69) is 33.2 Å². The average molecular weight is 400 g/mol. The molecule has 1 fully saturated rings. The number of benzene rings is 1. The van der Waals surface area contributed by atoms with Crippen molar-refractivity contribution in [1.82, 2.24) is 15.1 Å². The number of likely N-dealkylation sites (N-methyl/N-ethyl adjacent to an activating group) is 1. The zero-order valence-electron chi connectivity index (χ0n) is 13.6. The van der Waals surface area contributed by atoms with E-state index in [1.54, 1.807) is 18.2 Å². The third-order valence-electron chi connectivity index (χ3n) is 3.57. The van der Waals surface area contributed by atoms with E-state index >= 15 is 0 Å². The van der Waals surface area contributed by atoms with Crippen molar-refractivity contribution in [3.63, 3.8) is 0 Å². The molecule has 1 N–H and O–H groups in total. The number of halogens is 1. The van der Waals surface area contributed by atoms with Gasteiger partial charge in [0.25, 0.3) is 5.91 Å². The van der Waals surface area contributed by atoms with Gasteiger partial charge in [-0.2, -0.15) is 0 Å². The fourth-order valence-corrected chi connectivity index (χ4v) is 3.00. The number of nitrogens with zero attached hydrogens (tertiary/aromatic N) is 2. The van der Waals surface area contributed by atoms with Crippen molar-refractivity contribution < 1.29 is 9.53 Å². The molecule has 126 valence electrons. The summed E-state index contributed by atoms with van der Waals surface area (Å²) in [6.45, 7) is 7.48. The van der Waals surface area contributed by atoms with E-state index in [0.717, 1.165) is 36.4 Å². The lowest BCUT2D eigenvalue weighted by Gasteiger charge is -2.33. The van der Waals surface area contributed by atoms with Crippen molar-refractivity contribution in [3.8, 4) is 5.75 Å². The monoisotopic (exact) mass is 399 g/mol. The van der Waals surface area contributed by atoms with Crippen LogP contribution in [0.2, 0.25) is 0 Å². The van der Waals surface area contributed by atoms with Crippen molar-refractivity contribution in [2.45, 2.75) is 20.0 Å². The number of ether oxygens (including phenoxy) is 1. The molecule has 0 bridgehead atoms. The number of rotatable bonds is 3. The van der Waals surface area contributed by atoms with Gasteiger partial charge in [0.1, 0.15) is 5.75 Å². The Labute approximate surface area is 151 Å². The maximum Gasteiger partial charge on any atom is 0.257 e. The number of carbonyl (C=O) groups excluding carboxylic acids is 1. The van der Waals surface area contributed by atoms with Gasteiger partial charge in [-0.1, -0.05) is 0 Å². The summed E-state index contributed by atoms with van der Waals surface area (Å²) < 4.78 is 6.40. The lowest BCUT2D eigenvalue weighted by Crippen LogP contribution is -2.51. The molecule has 1 aromatic rings. The predicted octanol–water partition coefficient (Wildman–Crippen LogP) is 2.50. The molecule has 0 saturated carbocycles. The van der Waals surface area contributed by atoms with Gasteiger partial charge < -0.3 is 14.5 Å². The Morgan fingerprint density at radius 2 is 1.96 bits per heavy atom. The molecule has 1 amide bonds. The van der Waals surface area contributed by atoms with Crippen LogP contribution in [0.1, 0.15) is 24.2 Å². The topological polar surface area (TPSA) is 44.8 Å². The summed E-state index contributed by atoms with van der Waals surface area (Å²) in [6, 6.07) is 5.28. The highest BCUT2D eigenvalue weighted by atomic mass is 79.9. The van der Waals surface area contributed by atoms with Crippen LogP contribution in [0.25, 0.3) is 0 Å². The van der Waals surface area contributed by atoms with Crippen LogP contribution in [0, 0.1) is 0 Å². The van der Waals surface area contributed by atoms with Crippen LogP contribution in [0.3, 0.4) is 0 Å². The van der Waals surface area contributed by atoms with Gasteiger partial charge in [-0.25, -0.2) is 0 Å². The zero-order valence-corrected chi connectivity index (χ0v) is 16.0. The number of nitrogens with one attached hydrogen (secondary N) is 1. The standard InChI is InChI=1S/C16H22BrN3O2S/c1-11(2)22-14-5-4-12(10-13(14)17)15(21)18-16(23)20-8-6-19(3)7-9-20/h4-5,10-11H,6-9H2,1-3H3,(H,18,21,23). The Bertz CT molecular complexity index is 587. The van der Waals surface area contributed by atoms with Crippen LogP contribution in [0.15, 0.2) is 22.7 Å². The highest BCUT2D eigenvalue weighted by Crippen LogP contribution is 2.26. The Kier molecular flexibility index (Phi) is 6.38. The van der Waals surface area contributed by atoms with Crippen LogP contribution < -0.4 is 10.1 Å². The average Bonchev–Trinajstić information content (AvgIpc) is 2.49. The van der Waals surface area contributed by atoms with Crippen molar-refractivity contribution in [3.05, 3.63) is 28.2 Å². The minimum absolute atomic E-state index is 0.0794. The van der Waals surface area contributed by atoms with Gasteiger partial charge in [0.05, 0.1) is 10.6 Å². The van der Waals surface area contributed by atoms with Crippen LogP contribution in [-0.2, 0) is 0 Å². The Morgan fingerprint density at radius 1 is 1.30 bits per heavy atom. The lowest BCUT2D eigenvalue weighted by molar-refractivity contribution is 0.0970. The highest BCUT2D eigenvalue weighted by molar-refractivity contribution is 9.10. The van der Waals surface area contributed by atoms with E-state index in [9.17, 15) is 4.79 Å². The second kappa shape index (κ2) is 8.08. The van der Waals surface area contributed by atoms with Gasteiger partial charge in [0, 0.05) is 31.7 Å². The molecule has 5 nitrogen and oxygen atoms in total. The zero-order chi connectivity index (χ0) is 17.0. The van der Waals surface area contributed by atoms with Crippen LogP contribution >= 0.6 is 28.1 Å². The van der Waals surface area contributed by atoms with E-state index in [-0.39, 0.29) is 12.0 Å². The molecular formula is C16H22BrN3O2S. The molecule has 0 unspecified atom stereocenters. The van der Waals surface area contributed by atoms with E-state index < -0.39 is 0 Å². The van der Waals surface area contributed by atoms with Crippen LogP contribution in [-0.4, -0.2) is 60.2 Å². The molecule has 0 aliphatic carbocycles. The maximum atomic E-state index is 12.4. The summed E-state index contributed by atoms with van der Waals surface area (Å²) in [6.07, 6.45) is 0.0794. The maximum absolute atomic E-state index is 12.4. The van der Waals surface area contributed by atoms with Crippen LogP contribution in [0.5, 0.6) is 5.75 Å². The van der Waals surface area contributed by atoms with Gasteiger partial charge >= 0.3 is 0 Å². The molecule has 0 aromatic heterocycles. The third kappa shape index (κ3) is 5.16. The summed E-state index contributed by atoms with van der Waals surface area (Å²) >= 11 is 8.78. The highest BCUT2D eigenvalue weighted by Gasteiger charge is 2.19. The number of thiocarbonyl (C=S) groups is 1. The first-order chi connectivity index (χ1) is 10.9. The number of carbonyl (C=O) groups is 1. The molecule has 1 aliphatic rings. The molecule has 1 aliphatic heterocycles. The molecule has 23 heavy (non-hydrogen) atoms. The summed E-state index contributed by atoms with van der Waals surface area (Å²) in [4.78, 5) is 16.6. The van der Waals surface area contributed by atoms with Crippen molar-refractivity contribution in [2.24, 2.45) is 0 Å². The normalized spacial score (nSPS) is 15.6. The molecule has 0 atom stereocenters. The first-order valence-corrected chi connectivity index (χ1v) is 8.82. The molecule has 1 heterocycles. The molecule has 2 rings (SSSR count). The van der Waals surface area contributed by atoms with E-state index in [0.29, 0.717) is 10.7 Å². The molecule has 0 radical (unpaired) electrons. The minimum Gasteiger partial charge on any atom is -0.490 e. The van der Waals surface area contributed by atoms with Gasteiger partial charge in [-0.3, -0.25) is 10.1 Å². The molecule has 7 heteroatoms. The summed E-state index contributed by atoms with van der Waals surface area (Å²) in [7, 11) is 2.08. The summed E-state index contributed by atoms with van der Waals surface area (Å²) in [5.41, 5.74) is 0.546. The van der Waals surface area contributed by atoms with E-state index in [4.69, 9.17) is 17.0 Å². The fourth-order valence-electron chi connectivity index (χ4n) is 2.25. The number of amides is 1. The number of hydrogen-bond donors (Lipinski definition) is 1. The van der Waals surface area contributed by atoms with Gasteiger partial charge in [-0.05, 0) is 67.2 Å². The van der Waals surface area contributed by atoms with Crippen LogP contribution in [0.4, 0.5) is 0 Å². The lowest BCUT2D eigenvalue weighted by atomic mass is 10.2. The first kappa shape index (κ1) is 18.2. The summed E-state index contributed by atoms with van der Waals surface area (Å²) in [5, 5.41) is 3.29. The molecule has 1 aromatic carbocycles. The van der Waals surface area contributed by atoms with Crippen molar-refractivity contribution in [1.29, 1.82) is 0 Å². The third-order valence-corrected chi connectivity index (χ3v) is 4.55. The second-order valence-electron chi connectivity index (χ2n) is 5.86. The van der Waals surface area contributed by atoms with Crippen molar-refractivity contribution in [2.75, 3.05) is 33.2 Å². The smallest absolute Gasteiger partial charge is 0.257 e. The SMILES string of the molecule is CC(C)Oc1ccc(C(=O)NC(=S)N2CCN(C)CC2)cc1Br. The van der Waals surface area contributed by atoms with E-state index in [1.165, 1.54) is 0 Å². The predicted molar refractivity (Wildman–Crippen MR) is 99.0 cm³/mol. The summed E-state index contributed by atoms with van der Waals surface area (Å²) in [5.74, 6) is 0.518. The van der Waals surface area contributed by atoms with E-state index in [1.807, 2.05) is 18.7 Å². The largest absolute Gasteiger partial charge is 0.490 e. The molecular weight excluding hydrogens is 378 g/mol. The Hall–Kier alpha value is -1.18. The molecule has 1 saturated heterocycles. The quantitative estimate of drug-likeness (QED) is 0.790. The fraction of sp³-hybridized carbons (Fsp3) is 0.500. The first-order valence-electron chi connectivity index (χ1n) is 7.62.